The highest BCUT2D eigenvalue weighted by Crippen LogP contribution is 2.01. The number of esters is 1. The highest BCUT2D eigenvalue weighted by Gasteiger charge is 1.98. The monoisotopic (exact) mass is 200 g/mol. The summed E-state index contributed by atoms with van der Waals surface area (Å²) in [6.07, 6.45) is 1.53. The van der Waals surface area contributed by atoms with Crippen LogP contribution in [0, 0.1) is 23.2 Å². The van der Waals surface area contributed by atoms with Crippen LogP contribution in [0.25, 0.3) is 0 Å². The molecule has 15 heavy (non-hydrogen) atoms. The number of nitrogens with zero attached hydrogens (tertiary/aromatic N) is 2. The Morgan fingerprint density at radius 2 is 2.47 bits per heavy atom. The van der Waals surface area contributed by atoms with Gasteiger partial charge in [-0.2, -0.15) is 5.26 Å². The van der Waals surface area contributed by atoms with Gasteiger partial charge in [0.2, 0.25) is 0 Å². The Morgan fingerprint density at radius 1 is 1.67 bits per heavy atom. The molecule has 0 aliphatic rings. The number of hydrogen-bond donors (Lipinski definition) is 0. The van der Waals surface area contributed by atoms with Gasteiger partial charge in [-0.1, -0.05) is 11.8 Å². The molecule has 74 valence electrons. The third-order valence-corrected chi connectivity index (χ3v) is 1.60. The van der Waals surface area contributed by atoms with Crippen molar-refractivity contribution in [3.8, 4) is 17.9 Å². The summed E-state index contributed by atoms with van der Waals surface area (Å²) in [6.45, 7) is 0. The minimum atomic E-state index is -0.398. The van der Waals surface area contributed by atoms with Crippen LogP contribution in [0.4, 0.5) is 0 Å². The van der Waals surface area contributed by atoms with E-state index in [1.54, 1.807) is 12.1 Å². The summed E-state index contributed by atoms with van der Waals surface area (Å²) < 4.78 is 4.42. The fourth-order valence-electron chi connectivity index (χ4n) is 0.879. The van der Waals surface area contributed by atoms with Crippen molar-refractivity contribution < 1.29 is 9.53 Å². The predicted octanol–water partition coefficient (Wildman–Crippen LogP) is 0.868. The first kappa shape index (κ1) is 10.7. The lowest BCUT2D eigenvalue weighted by Gasteiger charge is -1.92. The second-order valence-electron chi connectivity index (χ2n) is 2.57. The van der Waals surface area contributed by atoms with Crippen LogP contribution in [0.2, 0.25) is 0 Å². The average Bonchev–Trinajstić information content (AvgIpc) is 2.29. The molecule has 0 unspecified atom stereocenters. The summed E-state index contributed by atoms with van der Waals surface area (Å²) in [4.78, 5) is 14.6. The Labute approximate surface area is 87.5 Å². The standard InChI is InChI=1S/C11H8N2O2/c1-15-11(14)6-2-4-9-5-3-7-13-10(9)8-12/h3,5,7H,6H2,1H3. The molecule has 0 saturated heterocycles. The van der Waals surface area contributed by atoms with E-state index >= 15 is 0 Å². The lowest BCUT2D eigenvalue weighted by Crippen LogP contribution is -1.97. The van der Waals surface area contributed by atoms with Crippen LogP contribution in [0.15, 0.2) is 18.3 Å². The first-order valence-electron chi connectivity index (χ1n) is 4.18. The molecular formula is C11H8N2O2. The van der Waals surface area contributed by atoms with Crippen molar-refractivity contribution in [2.45, 2.75) is 6.42 Å². The molecule has 0 fully saturated rings. The number of methoxy groups -OCH3 is 1. The molecule has 0 aromatic carbocycles. The van der Waals surface area contributed by atoms with Gasteiger partial charge in [0.1, 0.15) is 12.5 Å². The van der Waals surface area contributed by atoms with Gasteiger partial charge in [0.15, 0.2) is 5.69 Å². The quantitative estimate of drug-likeness (QED) is 0.498. The molecule has 0 spiro atoms. The Bertz CT molecular complexity index is 463. The summed E-state index contributed by atoms with van der Waals surface area (Å²) in [5.74, 6) is 4.91. The molecule has 1 heterocycles. The van der Waals surface area contributed by atoms with Gasteiger partial charge in [0, 0.05) is 6.20 Å². The summed E-state index contributed by atoms with van der Waals surface area (Å²) in [7, 11) is 1.30. The van der Waals surface area contributed by atoms with Crippen LogP contribution >= 0.6 is 0 Å². The zero-order valence-electron chi connectivity index (χ0n) is 8.15. The highest BCUT2D eigenvalue weighted by molar-refractivity contribution is 5.72. The number of pyridine rings is 1. The number of nitriles is 1. The second kappa shape index (κ2) is 5.41. The molecule has 0 atom stereocenters. The Morgan fingerprint density at radius 3 is 3.13 bits per heavy atom. The minimum absolute atomic E-state index is 0.0102. The molecule has 0 amide bonds. The maximum Gasteiger partial charge on any atom is 0.317 e. The van der Waals surface area contributed by atoms with Crippen LogP contribution < -0.4 is 0 Å². The topological polar surface area (TPSA) is 63.0 Å². The third-order valence-electron chi connectivity index (χ3n) is 1.60. The summed E-state index contributed by atoms with van der Waals surface area (Å²) >= 11 is 0. The van der Waals surface area contributed by atoms with Gasteiger partial charge in [-0.25, -0.2) is 4.98 Å². The van der Waals surface area contributed by atoms with Crippen molar-refractivity contribution in [3.05, 3.63) is 29.6 Å². The van der Waals surface area contributed by atoms with Crippen LogP contribution in [0.5, 0.6) is 0 Å². The Balaban J connectivity index is 2.81. The van der Waals surface area contributed by atoms with Gasteiger partial charge in [0.25, 0.3) is 0 Å². The highest BCUT2D eigenvalue weighted by atomic mass is 16.5. The Hall–Kier alpha value is -2.33. The van der Waals surface area contributed by atoms with Gasteiger partial charge < -0.3 is 4.74 Å². The zero-order chi connectivity index (χ0) is 11.1. The lowest BCUT2D eigenvalue weighted by atomic mass is 10.2. The van der Waals surface area contributed by atoms with Crippen LogP contribution in [-0.2, 0) is 9.53 Å². The van der Waals surface area contributed by atoms with Gasteiger partial charge in [-0.3, -0.25) is 4.79 Å². The molecule has 1 aromatic rings. The smallest absolute Gasteiger partial charge is 0.317 e. The molecular weight excluding hydrogens is 192 g/mol. The summed E-state index contributed by atoms with van der Waals surface area (Å²) in [5, 5.41) is 8.70. The van der Waals surface area contributed by atoms with Crippen molar-refractivity contribution in [1.29, 1.82) is 5.26 Å². The molecule has 1 rings (SSSR count). The van der Waals surface area contributed by atoms with Gasteiger partial charge in [0.05, 0.1) is 12.7 Å². The number of rotatable bonds is 1. The summed E-state index contributed by atoms with van der Waals surface area (Å²) in [5.41, 5.74) is 0.777. The normalized spacial score (nSPS) is 8.27. The van der Waals surface area contributed by atoms with E-state index in [4.69, 9.17) is 5.26 Å². The van der Waals surface area contributed by atoms with Crippen LogP contribution in [0.1, 0.15) is 17.7 Å². The first-order valence-corrected chi connectivity index (χ1v) is 4.18. The number of ether oxygens (including phenoxy) is 1. The van der Waals surface area contributed by atoms with E-state index in [1.165, 1.54) is 13.3 Å². The van der Waals surface area contributed by atoms with E-state index in [1.807, 2.05) is 6.07 Å². The van der Waals surface area contributed by atoms with E-state index < -0.39 is 5.97 Å². The number of carbonyl (C=O) groups excluding carboxylic acids is 1. The third kappa shape index (κ3) is 3.13. The molecule has 1 aromatic heterocycles. The number of hydrogen-bond acceptors (Lipinski definition) is 4. The zero-order valence-corrected chi connectivity index (χ0v) is 8.15. The number of carbonyl (C=O) groups is 1. The van der Waals surface area contributed by atoms with Crippen molar-refractivity contribution in [1.82, 2.24) is 4.98 Å². The number of aromatic nitrogens is 1. The Kier molecular flexibility index (Phi) is 3.88. The van der Waals surface area contributed by atoms with Crippen molar-refractivity contribution in [2.24, 2.45) is 0 Å². The fraction of sp³-hybridized carbons (Fsp3) is 0.182. The van der Waals surface area contributed by atoms with Gasteiger partial charge in [-0.15, -0.1) is 0 Å². The maximum atomic E-state index is 10.8. The van der Waals surface area contributed by atoms with E-state index in [-0.39, 0.29) is 12.1 Å². The molecule has 0 aliphatic carbocycles. The molecule has 0 N–H and O–H groups in total. The van der Waals surface area contributed by atoms with E-state index in [9.17, 15) is 4.79 Å². The average molecular weight is 200 g/mol. The van der Waals surface area contributed by atoms with E-state index in [2.05, 4.69) is 21.6 Å². The molecule has 0 radical (unpaired) electrons. The maximum absolute atomic E-state index is 10.8. The van der Waals surface area contributed by atoms with Crippen molar-refractivity contribution >= 4 is 5.97 Å². The molecule has 4 nitrogen and oxygen atoms in total. The molecule has 0 aliphatic heterocycles. The SMILES string of the molecule is COC(=O)CC#Cc1cccnc1C#N. The first-order chi connectivity index (χ1) is 7.27. The van der Waals surface area contributed by atoms with Gasteiger partial charge in [-0.05, 0) is 12.1 Å². The molecule has 0 bridgehead atoms. The van der Waals surface area contributed by atoms with Gasteiger partial charge >= 0.3 is 5.97 Å². The largest absolute Gasteiger partial charge is 0.468 e. The van der Waals surface area contributed by atoms with E-state index in [0.717, 1.165) is 0 Å². The van der Waals surface area contributed by atoms with Crippen molar-refractivity contribution in [3.63, 3.8) is 0 Å². The second-order valence-corrected chi connectivity index (χ2v) is 2.57. The molecule has 4 heteroatoms. The van der Waals surface area contributed by atoms with Crippen molar-refractivity contribution in [2.75, 3.05) is 7.11 Å². The fourth-order valence-corrected chi connectivity index (χ4v) is 0.879. The van der Waals surface area contributed by atoms with Crippen LogP contribution in [0.3, 0.4) is 0 Å². The van der Waals surface area contributed by atoms with E-state index in [0.29, 0.717) is 5.56 Å². The molecule has 0 saturated carbocycles. The predicted molar refractivity (Wildman–Crippen MR) is 52.5 cm³/mol. The summed E-state index contributed by atoms with van der Waals surface area (Å²) in [6, 6.07) is 5.28. The van der Waals surface area contributed by atoms with Crippen LogP contribution in [-0.4, -0.2) is 18.1 Å². The minimum Gasteiger partial charge on any atom is -0.468 e. The lowest BCUT2D eigenvalue weighted by molar-refractivity contribution is -0.139.